The minimum atomic E-state index is -0.566. The first-order chi connectivity index (χ1) is 11.0. The van der Waals surface area contributed by atoms with Crippen molar-refractivity contribution in [2.75, 3.05) is 5.32 Å². The number of halogens is 1. The van der Waals surface area contributed by atoms with Crippen molar-refractivity contribution in [2.45, 2.75) is 13.0 Å². The van der Waals surface area contributed by atoms with E-state index in [0.717, 1.165) is 12.4 Å². The molecular weight excluding hydrogens is 309 g/mol. The van der Waals surface area contributed by atoms with Crippen LogP contribution < -0.4 is 5.32 Å². The van der Waals surface area contributed by atoms with Gasteiger partial charge in [-0.2, -0.15) is 10.1 Å². The summed E-state index contributed by atoms with van der Waals surface area (Å²) in [5.41, 5.74) is 0.249. The van der Waals surface area contributed by atoms with Crippen LogP contribution in [0.5, 0.6) is 0 Å². The van der Waals surface area contributed by atoms with E-state index in [0.29, 0.717) is 5.65 Å². The van der Waals surface area contributed by atoms with Gasteiger partial charge in [-0.05, 0) is 12.1 Å². The molecule has 0 unspecified atom stereocenters. The number of nitrogens with zero attached hydrogens (tertiary/aromatic N) is 6. The molecule has 3 aromatic rings. The molecule has 0 aliphatic rings. The van der Waals surface area contributed by atoms with Crippen LogP contribution >= 0.6 is 0 Å². The predicted molar refractivity (Wildman–Crippen MR) is 75.1 cm³/mol. The zero-order valence-corrected chi connectivity index (χ0v) is 11.6. The largest absolute Gasteiger partial charge is 0.306 e. The fourth-order valence-corrected chi connectivity index (χ4v) is 1.88. The summed E-state index contributed by atoms with van der Waals surface area (Å²) in [7, 11) is 0. The van der Waals surface area contributed by atoms with Crippen LogP contribution in [0.1, 0.15) is 6.42 Å². The smallest absolute Gasteiger partial charge is 0.293 e. The highest BCUT2D eigenvalue weighted by Gasteiger charge is 2.11. The van der Waals surface area contributed by atoms with Crippen molar-refractivity contribution < 1.29 is 14.1 Å². The molecule has 3 heterocycles. The molecule has 1 amide bonds. The predicted octanol–water partition coefficient (Wildman–Crippen LogP) is 1.00. The first kappa shape index (κ1) is 14.6. The molecule has 118 valence electrons. The third-order valence-electron chi connectivity index (χ3n) is 2.94. The quantitative estimate of drug-likeness (QED) is 0.553. The van der Waals surface area contributed by atoms with Crippen molar-refractivity contribution in [3.63, 3.8) is 0 Å². The Kier molecular flexibility index (Phi) is 3.66. The van der Waals surface area contributed by atoms with Crippen LogP contribution in [-0.2, 0) is 11.3 Å². The van der Waals surface area contributed by atoms with Crippen LogP contribution in [0.15, 0.2) is 30.7 Å². The highest BCUT2D eigenvalue weighted by molar-refractivity contribution is 5.89. The first-order valence-corrected chi connectivity index (χ1v) is 6.50. The molecule has 0 aliphatic carbocycles. The fourth-order valence-electron chi connectivity index (χ4n) is 1.88. The number of aromatic nitrogens is 5. The molecule has 11 heteroatoms. The van der Waals surface area contributed by atoms with Gasteiger partial charge in [-0.15, -0.1) is 5.10 Å². The molecule has 0 atom stereocenters. The minimum absolute atomic E-state index is 0.0305. The van der Waals surface area contributed by atoms with E-state index in [2.05, 4.69) is 20.5 Å². The number of fused-ring (bicyclic) bond motifs is 1. The molecule has 3 aromatic heterocycles. The van der Waals surface area contributed by atoms with Crippen molar-refractivity contribution in [2.24, 2.45) is 0 Å². The van der Waals surface area contributed by atoms with Crippen molar-refractivity contribution in [1.82, 2.24) is 24.4 Å². The third-order valence-corrected chi connectivity index (χ3v) is 2.94. The normalized spacial score (nSPS) is 10.8. The lowest BCUT2D eigenvalue weighted by Crippen LogP contribution is -2.15. The van der Waals surface area contributed by atoms with Crippen LogP contribution in [0, 0.1) is 15.9 Å². The topological polar surface area (TPSA) is 120 Å². The second kappa shape index (κ2) is 5.79. The summed E-state index contributed by atoms with van der Waals surface area (Å²) < 4.78 is 15.5. The van der Waals surface area contributed by atoms with Crippen LogP contribution in [0.25, 0.3) is 5.65 Å². The number of amides is 1. The lowest BCUT2D eigenvalue weighted by Gasteiger charge is -2.00. The van der Waals surface area contributed by atoms with Gasteiger partial charge in [-0.3, -0.25) is 24.9 Å². The molecule has 0 radical (unpaired) electrons. The van der Waals surface area contributed by atoms with E-state index in [1.807, 2.05) is 0 Å². The maximum Gasteiger partial charge on any atom is 0.306 e. The van der Waals surface area contributed by atoms with Gasteiger partial charge in [-0.1, -0.05) is 0 Å². The number of nitrogens with one attached hydrogen (secondary N) is 1. The van der Waals surface area contributed by atoms with Gasteiger partial charge >= 0.3 is 5.69 Å². The molecule has 0 saturated heterocycles. The number of hydrogen-bond acceptors (Lipinski definition) is 6. The van der Waals surface area contributed by atoms with Crippen LogP contribution in [0.3, 0.4) is 0 Å². The van der Waals surface area contributed by atoms with Crippen molar-refractivity contribution >= 4 is 23.2 Å². The number of aryl methyl sites for hydroxylation is 1. The first-order valence-electron chi connectivity index (χ1n) is 6.50. The molecule has 23 heavy (non-hydrogen) atoms. The second-order valence-corrected chi connectivity index (χ2v) is 4.60. The Hall–Kier alpha value is -3.37. The second-order valence-electron chi connectivity index (χ2n) is 4.60. The lowest BCUT2D eigenvalue weighted by molar-refractivity contribution is -0.385. The van der Waals surface area contributed by atoms with Gasteiger partial charge in [0.1, 0.15) is 18.2 Å². The van der Waals surface area contributed by atoms with Gasteiger partial charge in [0.05, 0.1) is 11.1 Å². The summed E-state index contributed by atoms with van der Waals surface area (Å²) >= 11 is 0. The number of carbonyl (C=O) groups excluding carboxylic acids is 1. The van der Waals surface area contributed by atoms with Gasteiger partial charge in [0.25, 0.3) is 0 Å². The fraction of sp³-hybridized carbons (Fsp3) is 0.167. The van der Waals surface area contributed by atoms with Crippen molar-refractivity contribution in [3.8, 4) is 0 Å². The summed E-state index contributed by atoms with van der Waals surface area (Å²) in [6.45, 7) is 0.168. The molecule has 0 spiro atoms. The van der Waals surface area contributed by atoms with Crippen LogP contribution in [0.4, 0.5) is 16.0 Å². The summed E-state index contributed by atoms with van der Waals surface area (Å²) in [6, 6.07) is 2.67. The number of carbonyl (C=O) groups is 1. The molecule has 0 aliphatic heterocycles. The number of hydrogen-bond donors (Lipinski definition) is 1. The maximum atomic E-state index is 13.0. The Morgan fingerprint density at radius 1 is 1.39 bits per heavy atom. The molecule has 0 aromatic carbocycles. The average molecular weight is 319 g/mol. The maximum absolute atomic E-state index is 13.0. The molecular formula is C12H10FN7O3. The van der Waals surface area contributed by atoms with Crippen LogP contribution in [0.2, 0.25) is 0 Å². The molecule has 10 nitrogen and oxygen atoms in total. The summed E-state index contributed by atoms with van der Waals surface area (Å²) in [5.74, 6) is -0.813. The minimum Gasteiger partial charge on any atom is -0.293 e. The number of anilines is 1. The zero-order chi connectivity index (χ0) is 16.4. The molecule has 0 fully saturated rings. The Morgan fingerprint density at radius 3 is 2.96 bits per heavy atom. The van der Waals surface area contributed by atoms with E-state index in [4.69, 9.17) is 0 Å². The standard InChI is InChI=1S/C12H10FN7O3/c13-8-1-2-10-15-12(17-19(10)6-8)16-11(21)3-4-18-7-9(5-14-18)20(22)23/h1-2,5-7H,3-4H2,(H,16,17,21). The summed E-state index contributed by atoms with van der Waals surface area (Å²) in [4.78, 5) is 25.8. The number of nitro groups is 1. The Bertz CT molecular complexity index is 888. The highest BCUT2D eigenvalue weighted by atomic mass is 19.1. The molecule has 0 saturated carbocycles. The number of pyridine rings is 1. The van der Waals surface area contributed by atoms with Crippen LogP contribution in [-0.4, -0.2) is 35.2 Å². The van der Waals surface area contributed by atoms with E-state index >= 15 is 0 Å². The zero-order valence-electron chi connectivity index (χ0n) is 11.6. The van der Waals surface area contributed by atoms with E-state index in [1.165, 1.54) is 27.5 Å². The SMILES string of the molecule is O=C(CCn1cc([N+](=O)[O-])cn1)Nc1nc2ccc(F)cn2n1. The Labute approximate surface area is 127 Å². The lowest BCUT2D eigenvalue weighted by atomic mass is 10.4. The van der Waals surface area contributed by atoms with Gasteiger partial charge in [0.15, 0.2) is 5.65 Å². The van der Waals surface area contributed by atoms with E-state index in [9.17, 15) is 19.3 Å². The van der Waals surface area contributed by atoms with Gasteiger partial charge < -0.3 is 0 Å². The Balaban J connectivity index is 1.60. The van der Waals surface area contributed by atoms with E-state index < -0.39 is 10.7 Å². The van der Waals surface area contributed by atoms with Crippen molar-refractivity contribution in [1.29, 1.82) is 0 Å². The highest BCUT2D eigenvalue weighted by Crippen LogP contribution is 2.09. The molecule has 0 bridgehead atoms. The van der Waals surface area contributed by atoms with Gasteiger partial charge in [0.2, 0.25) is 11.9 Å². The number of rotatable bonds is 5. The molecule has 3 rings (SSSR count). The van der Waals surface area contributed by atoms with E-state index in [1.54, 1.807) is 0 Å². The Morgan fingerprint density at radius 2 is 2.22 bits per heavy atom. The van der Waals surface area contributed by atoms with Crippen molar-refractivity contribution in [3.05, 3.63) is 46.7 Å². The summed E-state index contributed by atoms with van der Waals surface area (Å²) in [5, 5.41) is 20.7. The monoisotopic (exact) mass is 319 g/mol. The molecule has 1 N–H and O–H groups in total. The van der Waals surface area contributed by atoms with E-state index in [-0.39, 0.29) is 30.5 Å². The van der Waals surface area contributed by atoms with Gasteiger partial charge in [-0.25, -0.2) is 8.91 Å². The average Bonchev–Trinajstić information content (AvgIpc) is 3.10. The van der Waals surface area contributed by atoms with Gasteiger partial charge in [0, 0.05) is 13.0 Å². The summed E-state index contributed by atoms with van der Waals surface area (Å²) in [6.07, 6.45) is 3.51. The third kappa shape index (κ3) is 3.28.